The van der Waals surface area contributed by atoms with E-state index < -0.39 is 6.10 Å². The van der Waals surface area contributed by atoms with E-state index in [1.807, 2.05) is 30.9 Å². The third kappa shape index (κ3) is 2.24. The Morgan fingerprint density at radius 1 is 1.47 bits per heavy atom. The van der Waals surface area contributed by atoms with Gasteiger partial charge in [-0.2, -0.15) is 5.10 Å². The topological polar surface area (TPSA) is 55.9 Å². The van der Waals surface area contributed by atoms with E-state index in [4.69, 9.17) is 0 Å². The van der Waals surface area contributed by atoms with Gasteiger partial charge in [0.15, 0.2) is 0 Å². The van der Waals surface area contributed by atoms with Crippen molar-refractivity contribution in [1.82, 2.24) is 19.3 Å². The second-order valence-corrected chi connectivity index (χ2v) is 4.22. The lowest BCUT2D eigenvalue weighted by atomic mass is 10.1. The highest BCUT2D eigenvalue weighted by atomic mass is 16.3. The van der Waals surface area contributed by atoms with E-state index in [0.717, 1.165) is 24.2 Å². The molecular weight excluding hydrogens is 216 g/mol. The Morgan fingerprint density at radius 2 is 2.24 bits per heavy atom. The van der Waals surface area contributed by atoms with Crippen molar-refractivity contribution in [3.63, 3.8) is 0 Å². The number of imidazole rings is 1. The maximum Gasteiger partial charge on any atom is 0.142 e. The van der Waals surface area contributed by atoms with E-state index >= 15 is 0 Å². The molecule has 0 aliphatic rings. The van der Waals surface area contributed by atoms with Gasteiger partial charge in [0.05, 0.1) is 5.69 Å². The van der Waals surface area contributed by atoms with Crippen molar-refractivity contribution in [2.24, 2.45) is 7.05 Å². The molecule has 0 bridgehead atoms. The summed E-state index contributed by atoms with van der Waals surface area (Å²) >= 11 is 0. The number of aliphatic hydroxyl groups excluding tert-OH is 1. The van der Waals surface area contributed by atoms with Gasteiger partial charge in [-0.1, -0.05) is 6.92 Å². The van der Waals surface area contributed by atoms with Gasteiger partial charge in [0.1, 0.15) is 11.9 Å². The Kier molecular flexibility index (Phi) is 3.28. The molecule has 17 heavy (non-hydrogen) atoms. The van der Waals surface area contributed by atoms with Gasteiger partial charge in [0, 0.05) is 37.7 Å². The molecule has 2 aromatic heterocycles. The molecule has 1 N–H and O–H groups in total. The van der Waals surface area contributed by atoms with Gasteiger partial charge >= 0.3 is 0 Å². The smallest absolute Gasteiger partial charge is 0.142 e. The zero-order valence-electron chi connectivity index (χ0n) is 10.5. The van der Waals surface area contributed by atoms with Crippen LogP contribution < -0.4 is 0 Å². The van der Waals surface area contributed by atoms with Gasteiger partial charge in [-0.15, -0.1) is 0 Å². The van der Waals surface area contributed by atoms with Gasteiger partial charge in [-0.3, -0.25) is 4.68 Å². The summed E-state index contributed by atoms with van der Waals surface area (Å²) in [6, 6.07) is 0. The average Bonchev–Trinajstić information content (AvgIpc) is 2.85. The summed E-state index contributed by atoms with van der Waals surface area (Å²) in [5.74, 6) is 0.683. The fraction of sp³-hybridized carbons (Fsp3) is 0.500. The van der Waals surface area contributed by atoms with Crippen LogP contribution in [0.5, 0.6) is 0 Å². The summed E-state index contributed by atoms with van der Waals surface area (Å²) in [6.45, 7) is 4.86. The molecule has 0 radical (unpaired) electrons. The van der Waals surface area contributed by atoms with E-state index in [1.54, 1.807) is 10.9 Å². The van der Waals surface area contributed by atoms with Crippen LogP contribution >= 0.6 is 0 Å². The van der Waals surface area contributed by atoms with Crippen molar-refractivity contribution in [2.45, 2.75) is 32.9 Å². The monoisotopic (exact) mass is 234 g/mol. The molecule has 5 nitrogen and oxygen atoms in total. The van der Waals surface area contributed by atoms with E-state index in [1.165, 1.54) is 0 Å². The van der Waals surface area contributed by atoms with Gasteiger partial charge < -0.3 is 9.67 Å². The molecule has 2 aromatic rings. The number of hydrogen-bond acceptors (Lipinski definition) is 3. The molecule has 0 fully saturated rings. The molecule has 1 unspecified atom stereocenters. The second-order valence-electron chi connectivity index (χ2n) is 4.22. The molecule has 0 aliphatic carbocycles. The fourth-order valence-corrected chi connectivity index (χ4v) is 2.02. The number of aryl methyl sites for hydroxylation is 3. The molecule has 0 spiro atoms. The van der Waals surface area contributed by atoms with E-state index in [2.05, 4.69) is 17.0 Å². The minimum Gasteiger partial charge on any atom is -0.380 e. The van der Waals surface area contributed by atoms with Crippen LogP contribution in [0.2, 0.25) is 0 Å². The Balaban J connectivity index is 2.33. The minimum atomic E-state index is -0.703. The van der Waals surface area contributed by atoms with Crippen molar-refractivity contribution in [3.8, 4) is 0 Å². The first-order valence-corrected chi connectivity index (χ1v) is 5.82. The Morgan fingerprint density at radius 3 is 2.82 bits per heavy atom. The first-order valence-electron chi connectivity index (χ1n) is 5.82. The quantitative estimate of drug-likeness (QED) is 0.870. The van der Waals surface area contributed by atoms with Gasteiger partial charge in [0.25, 0.3) is 0 Å². The van der Waals surface area contributed by atoms with E-state index in [9.17, 15) is 5.11 Å². The average molecular weight is 234 g/mol. The number of aromatic nitrogens is 4. The molecule has 0 amide bonds. The summed E-state index contributed by atoms with van der Waals surface area (Å²) in [6.07, 6.45) is 5.77. The van der Waals surface area contributed by atoms with Crippen molar-refractivity contribution in [3.05, 3.63) is 35.7 Å². The third-order valence-electron chi connectivity index (χ3n) is 2.80. The third-order valence-corrected chi connectivity index (χ3v) is 2.80. The van der Waals surface area contributed by atoms with Gasteiger partial charge in [-0.05, 0) is 13.3 Å². The summed E-state index contributed by atoms with van der Waals surface area (Å²) in [5.41, 5.74) is 1.65. The molecule has 5 heteroatoms. The largest absolute Gasteiger partial charge is 0.380 e. The SMILES string of the molecule is CCCn1ccnc1C(O)c1cn(C)nc1C. The second kappa shape index (κ2) is 4.71. The van der Waals surface area contributed by atoms with Crippen LogP contribution in [0.15, 0.2) is 18.6 Å². The lowest BCUT2D eigenvalue weighted by molar-refractivity contribution is 0.203. The Labute approximate surface area is 101 Å². The summed E-state index contributed by atoms with van der Waals surface area (Å²) in [5, 5.41) is 14.6. The lowest BCUT2D eigenvalue weighted by Gasteiger charge is -2.11. The Bertz CT molecular complexity index is 500. The summed E-state index contributed by atoms with van der Waals surface area (Å²) in [4.78, 5) is 4.24. The summed E-state index contributed by atoms with van der Waals surface area (Å²) in [7, 11) is 1.85. The predicted octanol–water partition coefficient (Wildman–Crippen LogP) is 1.42. The molecule has 2 heterocycles. The summed E-state index contributed by atoms with van der Waals surface area (Å²) < 4.78 is 3.69. The van der Waals surface area contributed by atoms with Crippen LogP contribution in [0.4, 0.5) is 0 Å². The number of hydrogen-bond donors (Lipinski definition) is 1. The van der Waals surface area contributed by atoms with Crippen molar-refractivity contribution in [1.29, 1.82) is 0 Å². The highest BCUT2D eigenvalue weighted by Gasteiger charge is 2.19. The van der Waals surface area contributed by atoms with Crippen molar-refractivity contribution in [2.75, 3.05) is 0 Å². The molecular formula is C12H18N4O. The van der Waals surface area contributed by atoms with Crippen LogP contribution in [0, 0.1) is 6.92 Å². The number of rotatable bonds is 4. The van der Waals surface area contributed by atoms with Crippen LogP contribution in [0.25, 0.3) is 0 Å². The van der Waals surface area contributed by atoms with Crippen LogP contribution in [-0.4, -0.2) is 24.4 Å². The van der Waals surface area contributed by atoms with E-state index in [0.29, 0.717) is 5.82 Å². The fourth-order valence-electron chi connectivity index (χ4n) is 2.02. The van der Waals surface area contributed by atoms with Crippen LogP contribution in [0.3, 0.4) is 0 Å². The minimum absolute atomic E-state index is 0.683. The van der Waals surface area contributed by atoms with Crippen molar-refractivity contribution >= 4 is 0 Å². The Hall–Kier alpha value is -1.62. The highest BCUT2D eigenvalue weighted by molar-refractivity contribution is 5.24. The molecule has 0 aliphatic heterocycles. The first-order chi connectivity index (χ1) is 8.13. The molecule has 92 valence electrons. The first kappa shape index (κ1) is 11.9. The van der Waals surface area contributed by atoms with Crippen molar-refractivity contribution < 1.29 is 5.11 Å². The normalized spacial score (nSPS) is 12.9. The zero-order chi connectivity index (χ0) is 12.4. The molecule has 2 rings (SSSR count). The molecule has 1 atom stereocenters. The number of nitrogens with zero attached hydrogens (tertiary/aromatic N) is 4. The maximum atomic E-state index is 10.3. The molecule has 0 aromatic carbocycles. The highest BCUT2D eigenvalue weighted by Crippen LogP contribution is 2.22. The van der Waals surface area contributed by atoms with Crippen LogP contribution in [0.1, 0.15) is 36.5 Å². The predicted molar refractivity (Wildman–Crippen MR) is 64.5 cm³/mol. The maximum absolute atomic E-state index is 10.3. The molecule has 0 saturated carbocycles. The lowest BCUT2D eigenvalue weighted by Crippen LogP contribution is -2.10. The standard InChI is InChI=1S/C12H18N4O/c1-4-6-16-7-5-13-12(16)11(17)10-8-15(3)14-9(10)2/h5,7-8,11,17H,4,6H2,1-3H3. The van der Waals surface area contributed by atoms with Gasteiger partial charge in [0.2, 0.25) is 0 Å². The van der Waals surface area contributed by atoms with Crippen LogP contribution in [-0.2, 0) is 13.6 Å². The van der Waals surface area contributed by atoms with Gasteiger partial charge in [-0.25, -0.2) is 4.98 Å². The van der Waals surface area contributed by atoms with E-state index in [-0.39, 0.29) is 0 Å². The zero-order valence-corrected chi connectivity index (χ0v) is 10.5. The molecule has 0 saturated heterocycles. The number of aliphatic hydroxyl groups is 1.